The molecule has 3 rings (SSSR count). The topological polar surface area (TPSA) is 41.8 Å². The van der Waals surface area contributed by atoms with Crippen LogP contribution < -0.4 is 5.73 Å². The zero-order chi connectivity index (χ0) is 10.4. The minimum atomic E-state index is -0.222. The molecule has 0 fully saturated rings. The molecule has 1 aromatic heterocycles. The lowest BCUT2D eigenvalue weighted by Gasteiger charge is -1.93. The molecule has 3 aromatic rings. The van der Waals surface area contributed by atoms with Crippen molar-refractivity contribution in [3.8, 4) is 0 Å². The van der Waals surface area contributed by atoms with Gasteiger partial charge in [-0.15, -0.1) is 0 Å². The molecule has 0 saturated heterocycles. The Bertz CT molecular complexity index is 655. The quantitative estimate of drug-likeness (QED) is 0.538. The molecule has 0 amide bonds. The van der Waals surface area contributed by atoms with Crippen LogP contribution in [0, 0.1) is 5.82 Å². The van der Waals surface area contributed by atoms with Crippen molar-refractivity contribution < 1.29 is 4.39 Å². The van der Waals surface area contributed by atoms with Crippen LogP contribution in [-0.2, 0) is 0 Å². The molecule has 0 unspecified atom stereocenters. The number of aromatic nitrogens is 1. The number of fused-ring (bicyclic) bond motifs is 3. The third kappa shape index (κ3) is 1.16. The van der Waals surface area contributed by atoms with Crippen LogP contribution >= 0.6 is 0 Å². The Hall–Kier alpha value is -2.03. The summed E-state index contributed by atoms with van der Waals surface area (Å²) in [6.07, 6.45) is 0. The minimum absolute atomic E-state index is 0.222. The van der Waals surface area contributed by atoms with Gasteiger partial charge in [-0.25, -0.2) is 4.39 Å². The molecule has 1 heterocycles. The number of nitrogen functional groups attached to an aromatic ring is 1. The van der Waals surface area contributed by atoms with E-state index in [4.69, 9.17) is 5.73 Å². The average molecular weight is 200 g/mol. The lowest BCUT2D eigenvalue weighted by Crippen LogP contribution is -1.82. The number of aromatic amines is 1. The Morgan fingerprint density at radius 3 is 2.67 bits per heavy atom. The lowest BCUT2D eigenvalue weighted by atomic mass is 10.1. The molecule has 0 aliphatic heterocycles. The maximum Gasteiger partial charge on any atom is 0.123 e. The lowest BCUT2D eigenvalue weighted by molar-refractivity contribution is 0.630. The smallest absolute Gasteiger partial charge is 0.123 e. The molecule has 3 N–H and O–H groups in total. The van der Waals surface area contributed by atoms with Crippen molar-refractivity contribution in [2.75, 3.05) is 5.73 Å². The second-order valence-corrected chi connectivity index (χ2v) is 3.62. The molecule has 0 bridgehead atoms. The number of hydrogen-bond donors (Lipinski definition) is 2. The molecule has 0 aliphatic carbocycles. The van der Waals surface area contributed by atoms with Gasteiger partial charge in [0.2, 0.25) is 0 Å². The van der Waals surface area contributed by atoms with Gasteiger partial charge in [0.1, 0.15) is 5.82 Å². The van der Waals surface area contributed by atoms with E-state index in [-0.39, 0.29) is 5.82 Å². The number of hydrogen-bond acceptors (Lipinski definition) is 1. The zero-order valence-corrected chi connectivity index (χ0v) is 7.92. The molecule has 0 saturated carbocycles. The number of rotatable bonds is 0. The van der Waals surface area contributed by atoms with E-state index in [1.807, 2.05) is 18.2 Å². The molecule has 2 aromatic carbocycles. The first-order valence-corrected chi connectivity index (χ1v) is 4.70. The summed E-state index contributed by atoms with van der Waals surface area (Å²) < 4.78 is 13.1. The standard InChI is InChI=1S/C12H9FN2/c13-7-1-4-11-10(5-7)9-3-2-8(14)6-12(9)15-11/h1-6,15H,14H2. The van der Waals surface area contributed by atoms with Crippen LogP contribution in [0.2, 0.25) is 0 Å². The van der Waals surface area contributed by atoms with Gasteiger partial charge >= 0.3 is 0 Å². The second kappa shape index (κ2) is 2.73. The molecule has 74 valence electrons. The van der Waals surface area contributed by atoms with Crippen molar-refractivity contribution in [3.05, 3.63) is 42.2 Å². The van der Waals surface area contributed by atoms with Gasteiger partial charge in [0.15, 0.2) is 0 Å². The van der Waals surface area contributed by atoms with Crippen molar-refractivity contribution in [2.24, 2.45) is 0 Å². The Labute approximate surface area is 85.5 Å². The third-order valence-electron chi connectivity index (χ3n) is 2.58. The highest BCUT2D eigenvalue weighted by Crippen LogP contribution is 2.27. The number of anilines is 1. The van der Waals surface area contributed by atoms with Gasteiger partial charge in [-0.1, -0.05) is 6.07 Å². The molecule has 2 nitrogen and oxygen atoms in total. The molecule has 0 aliphatic rings. The second-order valence-electron chi connectivity index (χ2n) is 3.62. The number of benzene rings is 2. The highest BCUT2D eigenvalue weighted by atomic mass is 19.1. The Morgan fingerprint density at radius 2 is 1.80 bits per heavy atom. The highest BCUT2D eigenvalue weighted by Gasteiger charge is 2.04. The summed E-state index contributed by atoms with van der Waals surface area (Å²) >= 11 is 0. The minimum Gasteiger partial charge on any atom is -0.399 e. The predicted octanol–water partition coefficient (Wildman–Crippen LogP) is 3.04. The van der Waals surface area contributed by atoms with Crippen LogP contribution in [-0.4, -0.2) is 4.98 Å². The van der Waals surface area contributed by atoms with Crippen molar-refractivity contribution in [1.29, 1.82) is 0 Å². The molecule has 0 spiro atoms. The maximum atomic E-state index is 13.1. The molecule has 3 heteroatoms. The summed E-state index contributed by atoms with van der Waals surface area (Å²) in [5.74, 6) is -0.222. The van der Waals surface area contributed by atoms with E-state index in [1.165, 1.54) is 12.1 Å². The number of halogens is 1. The molecule has 0 radical (unpaired) electrons. The first-order chi connectivity index (χ1) is 7.24. The van der Waals surface area contributed by atoms with E-state index < -0.39 is 0 Å². The summed E-state index contributed by atoms with van der Waals surface area (Å²) in [4.78, 5) is 3.20. The van der Waals surface area contributed by atoms with Crippen LogP contribution in [0.1, 0.15) is 0 Å². The molecular formula is C12H9FN2. The largest absolute Gasteiger partial charge is 0.399 e. The van der Waals surface area contributed by atoms with E-state index in [0.717, 1.165) is 21.8 Å². The van der Waals surface area contributed by atoms with Gasteiger partial charge in [0.25, 0.3) is 0 Å². The molecule has 15 heavy (non-hydrogen) atoms. The fraction of sp³-hybridized carbons (Fsp3) is 0. The van der Waals surface area contributed by atoms with Crippen LogP contribution in [0.4, 0.5) is 10.1 Å². The van der Waals surface area contributed by atoms with Crippen molar-refractivity contribution >= 4 is 27.5 Å². The predicted molar refractivity (Wildman–Crippen MR) is 60.2 cm³/mol. The van der Waals surface area contributed by atoms with Gasteiger partial charge in [-0.2, -0.15) is 0 Å². The van der Waals surface area contributed by atoms with Gasteiger partial charge in [0, 0.05) is 27.5 Å². The van der Waals surface area contributed by atoms with Crippen molar-refractivity contribution in [2.45, 2.75) is 0 Å². The Kier molecular flexibility index (Phi) is 1.51. The molecular weight excluding hydrogens is 191 g/mol. The van der Waals surface area contributed by atoms with Crippen molar-refractivity contribution in [3.63, 3.8) is 0 Å². The van der Waals surface area contributed by atoms with Gasteiger partial charge in [-0.3, -0.25) is 0 Å². The highest BCUT2D eigenvalue weighted by molar-refractivity contribution is 6.07. The van der Waals surface area contributed by atoms with Crippen LogP contribution in [0.5, 0.6) is 0 Å². The fourth-order valence-electron chi connectivity index (χ4n) is 1.89. The SMILES string of the molecule is Nc1ccc2c(c1)[nH]c1ccc(F)cc12. The summed E-state index contributed by atoms with van der Waals surface area (Å²) in [6, 6.07) is 10.3. The molecule has 0 atom stereocenters. The fourth-order valence-corrected chi connectivity index (χ4v) is 1.89. The first kappa shape index (κ1) is 8.29. The number of H-pyrrole nitrogens is 1. The van der Waals surface area contributed by atoms with E-state index in [0.29, 0.717) is 5.69 Å². The van der Waals surface area contributed by atoms with Crippen LogP contribution in [0.3, 0.4) is 0 Å². The van der Waals surface area contributed by atoms with E-state index in [1.54, 1.807) is 6.07 Å². The first-order valence-electron chi connectivity index (χ1n) is 4.70. The van der Waals surface area contributed by atoms with Crippen molar-refractivity contribution in [1.82, 2.24) is 4.98 Å². The van der Waals surface area contributed by atoms with Gasteiger partial charge in [0.05, 0.1) is 0 Å². The summed E-state index contributed by atoms with van der Waals surface area (Å²) in [5.41, 5.74) is 8.25. The third-order valence-corrected chi connectivity index (χ3v) is 2.58. The number of nitrogens with one attached hydrogen (secondary N) is 1. The van der Waals surface area contributed by atoms with E-state index in [2.05, 4.69) is 4.98 Å². The van der Waals surface area contributed by atoms with Gasteiger partial charge in [-0.05, 0) is 30.3 Å². The number of nitrogens with two attached hydrogens (primary N) is 1. The Balaban J connectivity index is 2.53. The maximum absolute atomic E-state index is 13.1. The summed E-state index contributed by atoms with van der Waals surface area (Å²) in [7, 11) is 0. The summed E-state index contributed by atoms with van der Waals surface area (Å²) in [6.45, 7) is 0. The normalized spacial score (nSPS) is 11.3. The van der Waals surface area contributed by atoms with Crippen LogP contribution in [0.15, 0.2) is 36.4 Å². The average Bonchev–Trinajstić information content (AvgIpc) is 2.54. The zero-order valence-electron chi connectivity index (χ0n) is 7.92. The Morgan fingerprint density at radius 1 is 0.933 bits per heavy atom. The monoisotopic (exact) mass is 200 g/mol. The van der Waals surface area contributed by atoms with E-state index in [9.17, 15) is 4.39 Å². The van der Waals surface area contributed by atoms with Crippen LogP contribution in [0.25, 0.3) is 21.8 Å². The van der Waals surface area contributed by atoms with Gasteiger partial charge < -0.3 is 10.7 Å². The van der Waals surface area contributed by atoms with E-state index >= 15 is 0 Å². The summed E-state index contributed by atoms with van der Waals surface area (Å²) in [5, 5.41) is 1.89.